The largest absolute Gasteiger partial charge is 0.344 e. The minimum absolute atomic E-state index is 0.0654. The summed E-state index contributed by atoms with van der Waals surface area (Å²) in [7, 11) is 0. The van der Waals surface area contributed by atoms with Crippen LogP contribution in [-0.2, 0) is 11.3 Å². The van der Waals surface area contributed by atoms with Crippen LogP contribution in [0.25, 0.3) is 0 Å². The molecule has 2 amide bonds. The number of piperazine rings is 1. The van der Waals surface area contributed by atoms with E-state index in [0.717, 1.165) is 23.5 Å². The lowest BCUT2D eigenvalue weighted by atomic mass is 10.2. The molecule has 0 saturated carbocycles. The van der Waals surface area contributed by atoms with Crippen molar-refractivity contribution in [3.05, 3.63) is 58.9 Å². The fourth-order valence-electron chi connectivity index (χ4n) is 3.42. The van der Waals surface area contributed by atoms with Gasteiger partial charge in [-0.2, -0.15) is 0 Å². The lowest BCUT2D eigenvalue weighted by Crippen LogP contribution is -2.50. The zero-order chi connectivity index (χ0) is 18.0. The molecule has 1 aromatic carbocycles. The van der Waals surface area contributed by atoms with Gasteiger partial charge in [0.25, 0.3) is 5.91 Å². The van der Waals surface area contributed by atoms with E-state index in [0.29, 0.717) is 26.2 Å². The van der Waals surface area contributed by atoms with Crippen LogP contribution < -0.4 is 0 Å². The molecule has 1 saturated heterocycles. The van der Waals surface area contributed by atoms with Crippen LogP contribution in [0.3, 0.4) is 0 Å². The first-order valence-electron chi connectivity index (χ1n) is 8.73. The molecule has 0 unspecified atom stereocenters. The Bertz CT molecular complexity index is 772. The molecule has 5 heteroatoms. The number of nitrogens with zero attached hydrogens (tertiary/aromatic N) is 3. The first-order valence-corrected chi connectivity index (χ1v) is 8.73. The number of aryl methyl sites for hydroxylation is 1. The summed E-state index contributed by atoms with van der Waals surface area (Å²) in [6.45, 7) is 8.82. The standard InChI is InChI=1S/C20H25N3O2/c1-15-13-19(16(2)23(15)14-18-7-5-4-6-8-18)20(25)22-11-9-21(10-12-22)17(3)24/h4-8,13H,9-12,14H2,1-3H3. The summed E-state index contributed by atoms with van der Waals surface area (Å²) in [5.41, 5.74) is 4.08. The Labute approximate surface area is 148 Å². The summed E-state index contributed by atoms with van der Waals surface area (Å²) in [5.74, 6) is 0.142. The van der Waals surface area contributed by atoms with Crippen molar-refractivity contribution < 1.29 is 9.59 Å². The first kappa shape index (κ1) is 17.3. The number of carbonyl (C=O) groups excluding carboxylic acids is 2. The molecule has 1 aromatic heterocycles. The zero-order valence-electron chi connectivity index (χ0n) is 15.2. The molecule has 1 fully saturated rings. The van der Waals surface area contributed by atoms with Crippen LogP contribution in [-0.4, -0.2) is 52.4 Å². The van der Waals surface area contributed by atoms with Crippen LogP contribution in [0.5, 0.6) is 0 Å². The van der Waals surface area contributed by atoms with Gasteiger partial charge >= 0.3 is 0 Å². The third kappa shape index (κ3) is 3.60. The molecule has 0 aliphatic carbocycles. The number of benzene rings is 1. The summed E-state index contributed by atoms with van der Waals surface area (Å²) in [6, 6.07) is 12.3. The van der Waals surface area contributed by atoms with Crippen molar-refractivity contribution in [1.29, 1.82) is 0 Å². The summed E-state index contributed by atoms with van der Waals surface area (Å²) < 4.78 is 2.19. The maximum absolute atomic E-state index is 12.9. The molecular weight excluding hydrogens is 314 g/mol. The molecule has 0 atom stereocenters. The highest BCUT2D eigenvalue weighted by Gasteiger charge is 2.25. The molecule has 0 spiro atoms. The molecular formula is C20H25N3O2. The Morgan fingerprint density at radius 1 is 0.960 bits per heavy atom. The van der Waals surface area contributed by atoms with E-state index in [1.807, 2.05) is 43.0 Å². The van der Waals surface area contributed by atoms with Gasteiger partial charge in [-0.25, -0.2) is 0 Å². The van der Waals surface area contributed by atoms with Crippen molar-refractivity contribution in [2.75, 3.05) is 26.2 Å². The molecule has 2 aromatic rings. The van der Waals surface area contributed by atoms with Gasteiger partial charge in [-0.05, 0) is 25.5 Å². The fraction of sp³-hybridized carbons (Fsp3) is 0.400. The Kier molecular flexibility index (Phi) is 4.93. The average molecular weight is 339 g/mol. The molecule has 0 bridgehead atoms. The Morgan fingerprint density at radius 2 is 1.56 bits per heavy atom. The fourth-order valence-corrected chi connectivity index (χ4v) is 3.42. The molecule has 3 rings (SSSR count). The van der Waals surface area contributed by atoms with E-state index in [9.17, 15) is 9.59 Å². The van der Waals surface area contributed by atoms with Crippen molar-refractivity contribution in [1.82, 2.24) is 14.4 Å². The molecule has 1 aliphatic heterocycles. The quantitative estimate of drug-likeness (QED) is 0.862. The highest BCUT2D eigenvalue weighted by Crippen LogP contribution is 2.19. The normalized spacial score (nSPS) is 14.7. The van der Waals surface area contributed by atoms with Gasteiger partial charge in [0.2, 0.25) is 5.91 Å². The van der Waals surface area contributed by atoms with E-state index in [4.69, 9.17) is 0 Å². The Hall–Kier alpha value is -2.56. The van der Waals surface area contributed by atoms with Gasteiger partial charge in [0.15, 0.2) is 0 Å². The second-order valence-electron chi connectivity index (χ2n) is 6.65. The number of hydrogen-bond acceptors (Lipinski definition) is 2. The second kappa shape index (κ2) is 7.13. The third-order valence-corrected chi connectivity index (χ3v) is 5.00. The minimum Gasteiger partial charge on any atom is -0.344 e. The lowest BCUT2D eigenvalue weighted by Gasteiger charge is -2.34. The van der Waals surface area contributed by atoms with Crippen molar-refractivity contribution >= 4 is 11.8 Å². The average Bonchev–Trinajstić information content (AvgIpc) is 2.90. The van der Waals surface area contributed by atoms with Crippen LogP contribution in [0.4, 0.5) is 0 Å². The number of aromatic nitrogens is 1. The molecule has 132 valence electrons. The van der Waals surface area contributed by atoms with Gasteiger partial charge in [0.05, 0.1) is 5.56 Å². The molecule has 0 N–H and O–H groups in total. The van der Waals surface area contributed by atoms with E-state index in [1.54, 1.807) is 11.8 Å². The van der Waals surface area contributed by atoms with E-state index < -0.39 is 0 Å². The molecule has 1 aliphatic rings. The van der Waals surface area contributed by atoms with E-state index >= 15 is 0 Å². The maximum Gasteiger partial charge on any atom is 0.255 e. The summed E-state index contributed by atoms with van der Waals surface area (Å²) in [4.78, 5) is 28.0. The smallest absolute Gasteiger partial charge is 0.255 e. The number of carbonyl (C=O) groups is 2. The van der Waals surface area contributed by atoms with Crippen LogP contribution in [0.2, 0.25) is 0 Å². The van der Waals surface area contributed by atoms with E-state index in [2.05, 4.69) is 16.7 Å². The summed E-state index contributed by atoms with van der Waals surface area (Å²) in [6.07, 6.45) is 0. The monoisotopic (exact) mass is 339 g/mol. The van der Waals surface area contributed by atoms with Crippen LogP contribution >= 0.6 is 0 Å². The maximum atomic E-state index is 12.9. The van der Waals surface area contributed by atoms with Crippen LogP contribution in [0.1, 0.15) is 34.2 Å². The second-order valence-corrected chi connectivity index (χ2v) is 6.65. The molecule has 0 radical (unpaired) electrons. The van der Waals surface area contributed by atoms with Crippen molar-refractivity contribution in [2.45, 2.75) is 27.3 Å². The van der Waals surface area contributed by atoms with Gasteiger partial charge < -0.3 is 14.4 Å². The SMILES string of the molecule is CC(=O)N1CCN(C(=O)c2cc(C)n(Cc3ccccc3)c2C)CC1. The Balaban J connectivity index is 1.76. The predicted molar refractivity (Wildman–Crippen MR) is 97.6 cm³/mol. The van der Waals surface area contributed by atoms with Crippen molar-refractivity contribution in [2.24, 2.45) is 0 Å². The van der Waals surface area contributed by atoms with Gasteiger partial charge in [-0.1, -0.05) is 30.3 Å². The van der Waals surface area contributed by atoms with Gasteiger partial charge in [0.1, 0.15) is 0 Å². The zero-order valence-corrected chi connectivity index (χ0v) is 15.2. The summed E-state index contributed by atoms with van der Waals surface area (Å²) in [5, 5.41) is 0. The highest BCUT2D eigenvalue weighted by molar-refractivity contribution is 5.96. The van der Waals surface area contributed by atoms with Crippen LogP contribution in [0.15, 0.2) is 36.4 Å². The predicted octanol–water partition coefficient (Wildman–Crippen LogP) is 2.46. The van der Waals surface area contributed by atoms with Gasteiger partial charge in [0, 0.05) is 51.0 Å². The Morgan fingerprint density at radius 3 is 2.16 bits per heavy atom. The van der Waals surface area contributed by atoms with Gasteiger partial charge in [-0.15, -0.1) is 0 Å². The topological polar surface area (TPSA) is 45.6 Å². The lowest BCUT2D eigenvalue weighted by molar-refractivity contribution is -0.130. The molecule has 2 heterocycles. The van der Waals surface area contributed by atoms with Gasteiger partial charge in [-0.3, -0.25) is 9.59 Å². The van der Waals surface area contributed by atoms with E-state index in [1.165, 1.54) is 5.56 Å². The number of rotatable bonds is 3. The van der Waals surface area contributed by atoms with E-state index in [-0.39, 0.29) is 11.8 Å². The van der Waals surface area contributed by atoms with Crippen molar-refractivity contribution in [3.63, 3.8) is 0 Å². The number of amides is 2. The van der Waals surface area contributed by atoms with Crippen molar-refractivity contribution in [3.8, 4) is 0 Å². The number of hydrogen-bond donors (Lipinski definition) is 0. The van der Waals surface area contributed by atoms with Crippen LogP contribution in [0, 0.1) is 13.8 Å². The summed E-state index contributed by atoms with van der Waals surface area (Å²) >= 11 is 0. The minimum atomic E-state index is 0.0654. The molecule has 5 nitrogen and oxygen atoms in total. The highest BCUT2D eigenvalue weighted by atomic mass is 16.2. The first-order chi connectivity index (χ1) is 12.0. The molecule has 25 heavy (non-hydrogen) atoms. The third-order valence-electron chi connectivity index (χ3n) is 5.00.